The molecule has 20 heavy (non-hydrogen) atoms. The van der Waals surface area contributed by atoms with Crippen LogP contribution in [-0.2, 0) is 4.79 Å². The Morgan fingerprint density at radius 2 is 2.10 bits per heavy atom. The maximum Gasteiger partial charge on any atom is 0.261 e. The Kier molecular flexibility index (Phi) is 5.74. The minimum atomic E-state index is -0.649. The highest BCUT2D eigenvalue weighted by atomic mass is 32.1. The summed E-state index contributed by atoms with van der Waals surface area (Å²) in [5, 5.41) is 5.34. The van der Waals surface area contributed by atoms with E-state index in [1.54, 1.807) is 33.0 Å². The second kappa shape index (κ2) is 7.08. The molecular weight excluding hydrogens is 274 g/mol. The Morgan fingerprint density at radius 3 is 2.70 bits per heavy atom. The molecule has 1 heterocycles. The van der Waals surface area contributed by atoms with E-state index >= 15 is 0 Å². The van der Waals surface area contributed by atoms with E-state index in [1.807, 2.05) is 0 Å². The standard InChI is InChI=1S/C14H19N3O2S/c1-14(2,13(19)16-3)9-17-12(18)11-7-6-10(20-11)5-4-8-15/h6-7H,8-9,15H2,1-3H3,(H,16,19)(H,17,18). The van der Waals surface area contributed by atoms with E-state index in [0.29, 0.717) is 11.4 Å². The second-order valence-corrected chi connectivity index (χ2v) is 5.90. The van der Waals surface area contributed by atoms with Crippen molar-refractivity contribution in [3.8, 4) is 11.8 Å². The first kappa shape index (κ1) is 16.2. The van der Waals surface area contributed by atoms with Crippen LogP contribution in [0.3, 0.4) is 0 Å². The van der Waals surface area contributed by atoms with Crippen LogP contribution in [0.5, 0.6) is 0 Å². The van der Waals surface area contributed by atoms with Crippen molar-refractivity contribution in [2.45, 2.75) is 13.8 Å². The zero-order valence-electron chi connectivity index (χ0n) is 11.9. The van der Waals surface area contributed by atoms with Gasteiger partial charge in [-0.25, -0.2) is 0 Å². The predicted octanol–water partition coefficient (Wildman–Crippen LogP) is 0.560. The maximum atomic E-state index is 12.0. The van der Waals surface area contributed by atoms with Crippen molar-refractivity contribution in [2.24, 2.45) is 11.1 Å². The molecule has 0 spiro atoms. The van der Waals surface area contributed by atoms with Crippen molar-refractivity contribution in [2.75, 3.05) is 20.1 Å². The molecule has 1 aromatic heterocycles. The van der Waals surface area contributed by atoms with Gasteiger partial charge in [0.25, 0.3) is 5.91 Å². The van der Waals surface area contributed by atoms with E-state index in [0.717, 1.165) is 4.88 Å². The number of nitrogens with two attached hydrogens (primary N) is 1. The number of nitrogens with one attached hydrogen (secondary N) is 2. The van der Waals surface area contributed by atoms with Gasteiger partial charge in [0, 0.05) is 13.6 Å². The molecule has 0 aliphatic carbocycles. The van der Waals surface area contributed by atoms with E-state index in [1.165, 1.54) is 11.3 Å². The number of carbonyl (C=O) groups is 2. The minimum absolute atomic E-state index is 0.113. The third-order valence-electron chi connectivity index (χ3n) is 2.68. The van der Waals surface area contributed by atoms with Crippen molar-refractivity contribution in [3.63, 3.8) is 0 Å². The maximum absolute atomic E-state index is 12.0. The monoisotopic (exact) mass is 293 g/mol. The topological polar surface area (TPSA) is 84.2 Å². The number of amides is 2. The molecule has 1 rings (SSSR count). The summed E-state index contributed by atoms with van der Waals surface area (Å²) in [5.41, 5.74) is 4.64. The highest BCUT2D eigenvalue weighted by Crippen LogP contribution is 2.17. The van der Waals surface area contributed by atoms with E-state index in [2.05, 4.69) is 22.5 Å². The molecule has 6 heteroatoms. The quantitative estimate of drug-likeness (QED) is 0.709. The Bertz CT molecular complexity index is 552. The normalized spacial score (nSPS) is 10.4. The molecule has 1 aromatic rings. The molecule has 0 atom stereocenters. The van der Waals surface area contributed by atoms with E-state index < -0.39 is 5.41 Å². The lowest BCUT2D eigenvalue weighted by Crippen LogP contribution is -2.43. The summed E-state index contributed by atoms with van der Waals surface area (Å²) in [6.07, 6.45) is 0. The SMILES string of the molecule is CNC(=O)C(C)(C)CNC(=O)c1ccc(C#CCN)s1. The predicted molar refractivity (Wildman–Crippen MR) is 80.4 cm³/mol. The zero-order chi connectivity index (χ0) is 15.2. The second-order valence-electron chi connectivity index (χ2n) is 4.82. The fourth-order valence-corrected chi connectivity index (χ4v) is 2.27. The van der Waals surface area contributed by atoms with Gasteiger partial charge in [0.15, 0.2) is 0 Å². The molecule has 0 aliphatic rings. The van der Waals surface area contributed by atoms with Gasteiger partial charge in [0.05, 0.1) is 21.7 Å². The first-order valence-corrected chi connectivity index (χ1v) is 7.01. The van der Waals surface area contributed by atoms with Gasteiger partial charge in [-0.05, 0) is 26.0 Å². The Morgan fingerprint density at radius 1 is 1.40 bits per heavy atom. The van der Waals surface area contributed by atoms with Crippen molar-refractivity contribution in [3.05, 3.63) is 21.9 Å². The molecule has 0 fully saturated rings. The number of thiophene rings is 1. The average Bonchev–Trinajstić information content (AvgIpc) is 2.90. The highest BCUT2D eigenvalue weighted by Gasteiger charge is 2.27. The molecule has 0 saturated heterocycles. The van der Waals surface area contributed by atoms with Crippen molar-refractivity contribution in [1.82, 2.24) is 10.6 Å². The van der Waals surface area contributed by atoms with Gasteiger partial charge in [0.2, 0.25) is 5.91 Å². The summed E-state index contributed by atoms with van der Waals surface area (Å²) in [6, 6.07) is 3.50. The zero-order valence-corrected chi connectivity index (χ0v) is 12.7. The van der Waals surface area contributed by atoms with Gasteiger partial charge >= 0.3 is 0 Å². The van der Waals surface area contributed by atoms with Crippen LogP contribution in [0.2, 0.25) is 0 Å². The third kappa shape index (κ3) is 4.37. The molecule has 2 amide bonds. The summed E-state index contributed by atoms with van der Waals surface area (Å²) in [5.74, 6) is 5.30. The molecule has 0 aliphatic heterocycles. The van der Waals surface area contributed by atoms with Crippen LogP contribution >= 0.6 is 11.3 Å². The first-order chi connectivity index (χ1) is 9.40. The summed E-state index contributed by atoms with van der Waals surface area (Å²) < 4.78 is 0. The fourth-order valence-electron chi connectivity index (χ4n) is 1.47. The van der Waals surface area contributed by atoms with Gasteiger partial charge in [0.1, 0.15) is 0 Å². The largest absolute Gasteiger partial charge is 0.359 e. The molecule has 0 bridgehead atoms. The van der Waals surface area contributed by atoms with Crippen LogP contribution in [0.15, 0.2) is 12.1 Å². The smallest absolute Gasteiger partial charge is 0.261 e. The Labute approximate surface area is 122 Å². The number of rotatable bonds is 4. The summed E-state index contributed by atoms with van der Waals surface area (Å²) in [6.45, 7) is 4.12. The summed E-state index contributed by atoms with van der Waals surface area (Å²) in [7, 11) is 1.58. The van der Waals surface area contributed by atoms with Crippen LogP contribution in [-0.4, -0.2) is 32.0 Å². The fraction of sp³-hybridized carbons (Fsp3) is 0.429. The van der Waals surface area contributed by atoms with Gasteiger partial charge in [-0.2, -0.15) is 0 Å². The molecule has 4 N–H and O–H groups in total. The first-order valence-electron chi connectivity index (χ1n) is 6.20. The molecule has 0 aromatic carbocycles. The Hall–Kier alpha value is -1.84. The van der Waals surface area contributed by atoms with Gasteiger partial charge in [-0.1, -0.05) is 11.8 Å². The van der Waals surface area contributed by atoms with Gasteiger partial charge < -0.3 is 16.4 Å². The molecule has 108 valence electrons. The van der Waals surface area contributed by atoms with Crippen molar-refractivity contribution < 1.29 is 9.59 Å². The number of hydrogen-bond acceptors (Lipinski definition) is 4. The summed E-state index contributed by atoms with van der Waals surface area (Å²) >= 11 is 1.30. The lowest BCUT2D eigenvalue weighted by atomic mass is 9.92. The molecule has 0 unspecified atom stereocenters. The van der Waals surface area contributed by atoms with Gasteiger partial charge in [-0.3, -0.25) is 9.59 Å². The summed E-state index contributed by atoms with van der Waals surface area (Å²) in [4.78, 5) is 25.0. The van der Waals surface area contributed by atoms with Crippen molar-refractivity contribution >= 4 is 23.2 Å². The van der Waals surface area contributed by atoms with Gasteiger partial charge in [-0.15, -0.1) is 11.3 Å². The van der Waals surface area contributed by atoms with Crippen LogP contribution in [0, 0.1) is 17.3 Å². The highest BCUT2D eigenvalue weighted by molar-refractivity contribution is 7.14. The number of hydrogen-bond donors (Lipinski definition) is 3. The van der Waals surface area contributed by atoms with Crippen LogP contribution in [0.1, 0.15) is 28.4 Å². The Balaban J connectivity index is 2.63. The minimum Gasteiger partial charge on any atom is -0.359 e. The van der Waals surface area contributed by atoms with Crippen LogP contribution in [0.4, 0.5) is 0 Å². The van der Waals surface area contributed by atoms with E-state index in [9.17, 15) is 9.59 Å². The average molecular weight is 293 g/mol. The molecule has 5 nitrogen and oxygen atoms in total. The van der Waals surface area contributed by atoms with E-state index in [4.69, 9.17) is 5.73 Å². The molecule has 0 radical (unpaired) electrons. The van der Waals surface area contributed by atoms with Crippen LogP contribution in [0.25, 0.3) is 0 Å². The van der Waals surface area contributed by atoms with Crippen molar-refractivity contribution in [1.29, 1.82) is 0 Å². The molecule has 0 saturated carbocycles. The van der Waals surface area contributed by atoms with E-state index in [-0.39, 0.29) is 18.4 Å². The number of carbonyl (C=O) groups excluding carboxylic acids is 2. The lowest BCUT2D eigenvalue weighted by molar-refractivity contribution is -0.128. The lowest BCUT2D eigenvalue weighted by Gasteiger charge is -2.22. The molecular formula is C14H19N3O2S. The third-order valence-corrected chi connectivity index (χ3v) is 3.68. The van der Waals surface area contributed by atoms with Crippen LogP contribution < -0.4 is 16.4 Å².